The van der Waals surface area contributed by atoms with Crippen LogP contribution in [0.5, 0.6) is 0 Å². The summed E-state index contributed by atoms with van der Waals surface area (Å²) in [5, 5.41) is 2.07. The van der Waals surface area contributed by atoms with Gasteiger partial charge in [0.2, 0.25) is 0 Å². The van der Waals surface area contributed by atoms with Crippen LogP contribution in [0.15, 0.2) is 89.7 Å². The Hall–Kier alpha value is -2.94. The van der Waals surface area contributed by atoms with Gasteiger partial charge in [0, 0.05) is 43.2 Å². The van der Waals surface area contributed by atoms with Crippen LogP contribution in [0.3, 0.4) is 0 Å². The van der Waals surface area contributed by atoms with Crippen LogP contribution >= 0.6 is 11.3 Å². The molecule has 3 aromatic rings. The van der Waals surface area contributed by atoms with E-state index < -0.39 is 10.0 Å². The second-order valence-electron chi connectivity index (χ2n) is 7.84. The van der Waals surface area contributed by atoms with Crippen LogP contribution in [0.2, 0.25) is 0 Å². The second kappa shape index (κ2) is 10.3. The van der Waals surface area contributed by atoms with E-state index in [1.54, 1.807) is 58.7 Å². The predicted molar refractivity (Wildman–Crippen MR) is 133 cm³/mol. The Morgan fingerprint density at radius 3 is 2.42 bits per heavy atom. The fraction of sp³-hybridized carbons (Fsp3) is 0.240. The lowest BCUT2D eigenvalue weighted by Gasteiger charge is -2.34. The summed E-state index contributed by atoms with van der Waals surface area (Å²) in [5.41, 5.74) is 0.936. The molecule has 33 heavy (non-hydrogen) atoms. The summed E-state index contributed by atoms with van der Waals surface area (Å²) >= 11 is 1.74. The minimum Gasteiger partial charge on any atom is -0.336 e. The van der Waals surface area contributed by atoms with E-state index in [1.165, 1.54) is 21.3 Å². The van der Waals surface area contributed by atoms with Crippen molar-refractivity contribution in [1.82, 2.24) is 9.80 Å². The van der Waals surface area contributed by atoms with E-state index in [4.69, 9.17) is 0 Å². The Morgan fingerprint density at radius 1 is 1.00 bits per heavy atom. The predicted octanol–water partition coefficient (Wildman–Crippen LogP) is 4.09. The topological polar surface area (TPSA) is 60.9 Å². The van der Waals surface area contributed by atoms with E-state index in [0.717, 1.165) is 19.6 Å². The average Bonchev–Trinajstić information content (AvgIpc) is 3.36. The Bertz CT molecular complexity index is 1190. The fourth-order valence-corrected chi connectivity index (χ4v) is 6.11. The average molecular weight is 482 g/mol. The molecule has 8 heteroatoms. The first kappa shape index (κ1) is 23.2. The van der Waals surface area contributed by atoms with Crippen molar-refractivity contribution in [1.29, 1.82) is 0 Å². The first-order valence-corrected chi connectivity index (χ1v) is 13.1. The molecule has 0 unspecified atom stereocenters. The van der Waals surface area contributed by atoms with Gasteiger partial charge in [-0.25, -0.2) is 8.42 Å². The largest absolute Gasteiger partial charge is 0.336 e. The Morgan fingerprint density at radius 2 is 1.76 bits per heavy atom. The number of nitrogens with zero attached hydrogens (tertiary/aromatic N) is 3. The third-order valence-corrected chi connectivity index (χ3v) is 8.28. The summed E-state index contributed by atoms with van der Waals surface area (Å²) in [7, 11) is -3.86. The normalized spacial score (nSPS) is 14.7. The highest BCUT2D eigenvalue weighted by Gasteiger charge is 2.27. The number of rotatable bonds is 8. The molecule has 0 N–H and O–H groups in total. The number of benzene rings is 2. The van der Waals surface area contributed by atoms with Gasteiger partial charge >= 0.3 is 0 Å². The highest BCUT2D eigenvalue weighted by molar-refractivity contribution is 7.92. The van der Waals surface area contributed by atoms with Crippen LogP contribution in [-0.4, -0.2) is 56.8 Å². The highest BCUT2D eigenvalue weighted by atomic mass is 32.2. The van der Waals surface area contributed by atoms with E-state index in [1.807, 2.05) is 6.07 Å². The minimum absolute atomic E-state index is 0.0929. The van der Waals surface area contributed by atoms with Crippen molar-refractivity contribution < 1.29 is 13.2 Å². The van der Waals surface area contributed by atoms with Crippen molar-refractivity contribution in [2.45, 2.75) is 11.4 Å². The highest BCUT2D eigenvalue weighted by Crippen LogP contribution is 2.24. The van der Waals surface area contributed by atoms with Gasteiger partial charge in [-0.2, -0.15) is 0 Å². The van der Waals surface area contributed by atoms with Gasteiger partial charge < -0.3 is 4.90 Å². The molecule has 1 amide bonds. The molecule has 1 fully saturated rings. The number of hydrogen-bond donors (Lipinski definition) is 0. The maximum absolute atomic E-state index is 13.4. The van der Waals surface area contributed by atoms with Crippen LogP contribution in [-0.2, 0) is 16.6 Å². The van der Waals surface area contributed by atoms with Gasteiger partial charge in [-0.3, -0.25) is 14.0 Å². The monoisotopic (exact) mass is 481 g/mol. The molecule has 6 nitrogen and oxygen atoms in total. The first-order valence-electron chi connectivity index (χ1n) is 10.8. The van der Waals surface area contributed by atoms with E-state index >= 15 is 0 Å². The number of amides is 1. The van der Waals surface area contributed by atoms with Gasteiger partial charge in [0.25, 0.3) is 15.9 Å². The molecular weight excluding hydrogens is 454 g/mol. The van der Waals surface area contributed by atoms with Gasteiger partial charge in [-0.05, 0) is 41.8 Å². The summed E-state index contributed by atoms with van der Waals surface area (Å²) in [5.74, 6) is -0.141. The molecule has 1 aliphatic heterocycles. The van der Waals surface area contributed by atoms with Gasteiger partial charge in [0.1, 0.15) is 0 Å². The van der Waals surface area contributed by atoms with Gasteiger partial charge in [0.05, 0.1) is 17.1 Å². The molecule has 2 aromatic carbocycles. The first-order chi connectivity index (χ1) is 16.0. The molecule has 0 bridgehead atoms. The molecule has 1 aliphatic rings. The van der Waals surface area contributed by atoms with Gasteiger partial charge in [-0.15, -0.1) is 17.9 Å². The van der Waals surface area contributed by atoms with Crippen molar-refractivity contribution in [3.05, 3.63) is 95.2 Å². The van der Waals surface area contributed by atoms with Crippen LogP contribution in [0.4, 0.5) is 5.69 Å². The number of piperazine rings is 1. The van der Waals surface area contributed by atoms with Crippen molar-refractivity contribution in [2.24, 2.45) is 0 Å². The van der Waals surface area contributed by atoms with E-state index in [-0.39, 0.29) is 17.3 Å². The molecule has 0 radical (unpaired) electrons. The van der Waals surface area contributed by atoms with Crippen molar-refractivity contribution >= 4 is 33.0 Å². The zero-order chi connectivity index (χ0) is 23.3. The number of hydrogen-bond acceptors (Lipinski definition) is 5. The summed E-state index contributed by atoms with van der Waals surface area (Å²) in [6, 6.07) is 19.4. The summed E-state index contributed by atoms with van der Waals surface area (Å²) in [6.45, 7) is 7.56. The molecule has 172 valence electrons. The quantitative estimate of drug-likeness (QED) is 0.455. The molecule has 2 heterocycles. The van der Waals surface area contributed by atoms with Crippen molar-refractivity contribution in [3.8, 4) is 0 Å². The minimum atomic E-state index is -3.86. The SMILES string of the molecule is C=CCN(c1ccccc1)S(=O)(=O)c1cccc(C(=O)N2CCN(Cc3cccs3)CC2)c1. The molecular formula is C25H27N3O3S2. The second-order valence-corrected chi connectivity index (χ2v) is 10.7. The van der Waals surface area contributed by atoms with Crippen LogP contribution in [0.1, 0.15) is 15.2 Å². The van der Waals surface area contributed by atoms with Gasteiger partial charge in [-0.1, -0.05) is 36.4 Å². The van der Waals surface area contributed by atoms with Crippen LogP contribution in [0.25, 0.3) is 0 Å². The lowest BCUT2D eigenvalue weighted by atomic mass is 10.2. The zero-order valence-corrected chi connectivity index (χ0v) is 20.0. The summed E-state index contributed by atoms with van der Waals surface area (Å²) in [4.78, 5) is 18.7. The maximum Gasteiger partial charge on any atom is 0.264 e. The third kappa shape index (κ3) is 5.35. The number of anilines is 1. The van der Waals surface area contributed by atoms with Crippen LogP contribution < -0.4 is 4.31 Å². The molecule has 0 atom stereocenters. The van der Waals surface area contributed by atoms with E-state index in [0.29, 0.717) is 24.3 Å². The molecule has 0 aliphatic carbocycles. The summed E-state index contributed by atoms with van der Waals surface area (Å²) in [6.07, 6.45) is 1.55. The van der Waals surface area contributed by atoms with Crippen LogP contribution in [0, 0.1) is 0 Å². The Kier molecular flexibility index (Phi) is 7.27. The lowest BCUT2D eigenvalue weighted by molar-refractivity contribution is 0.0629. The van der Waals surface area contributed by atoms with Crippen molar-refractivity contribution in [3.63, 3.8) is 0 Å². The van der Waals surface area contributed by atoms with E-state index in [2.05, 4.69) is 29.0 Å². The van der Waals surface area contributed by atoms with E-state index in [9.17, 15) is 13.2 Å². The molecule has 0 spiro atoms. The number of para-hydroxylation sites is 1. The number of thiophene rings is 1. The number of sulfonamides is 1. The van der Waals surface area contributed by atoms with Gasteiger partial charge in [0.15, 0.2) is 0 Å². The smallest absolute Gasteiger partial charge is 0.264 e. The fourth-order valence-electron chi connectivity index (χ4n) is 3.89. The standard InChI is InChI=1S/C25H27N3O3S2/c1-2-13-28(22-9-4-3-5-10-22)33(30,31)24-12-6-8-21(19-24)25(29)27-16-14-26(15-17-27)20-23-11-7-18-32-23/h2-12,18-19H,1,13-17,20H2. The Balaban J connectivity index is 1.49. The molecule has 1 saturated heterocycles. The lowest BCUT2D eigenvalue weighted by Crippen LogP contribution is -2.48. The maximum atomic E-state index is 13.4. The Labute approximate surface area is 199 Å². The molecule has 4 rings (SSSR count). The number of carbonyl (C=O) groups excluding carboxylic acids is 1. The molecule has 1 aromatic heterocycles. The zero-order valence-electron chi connectivity index (χ0n) is 18.3. The molecule has 0 saturated carbocycles. The summed E-state index contributed by atoms with van der Waals surface area (Å²) < 4.78 is 28.1. The third-order valence-electron chi connectivity index (χ3n) is 5.63. The number of carbonyl (C=O) groups is 1. The van der Waals surface area contributed by atoms with Crippen molar-refractivity contribution in [2.75, 3.05) is 37.0 Å².